The van der Waals surface area contributed by atoms with E-state index in [2.05, 4.69) is 51.5 Å². The first-order valence-corrected chi connectivity index (χ1v) is 8.85. The number of nitrogens with zero attached hydrogens (tertiary/aromatic N) is 1. The molecule has 0 bridgehead atoms. The van der Waals surface area contributed by atoms with Gasteiger partial charge in [0.25, 0.3) is 10.0 Å². The van der Waals surface area contributed by atoms with Crippen molar-refractivity contribution in [3.8, 4) is 5.75 Å². The Morgan fingerprint density at radius 2 is 1.96 bits per heavy atom. The molecule has 0 aliphatic carbocycles. The van der Waals surface area contributed by atoms with Gasteiger partial charge in [-0.05, 0) is 41.1 Å². The molecular formula is C11H8Br2F3N3O3S. The zero-order chi connectivity index (χ0) is 17.4. The van der Waals surface area contributed by atoms with Crippen LogP contribution in [-0.4, -0.2) is 25.0 Å². The minimum Gasteiger partial charge on any atom is -0.404 e. The van der Waals surface area contributed by atoms with Gasteiger partial charge in [0.2, 0.25) is 0 Å². The van der Waals surface area contributed by atoms with Crippen molar-refractivity contribution in [2.24, 2.45) is 0 Å². The van der Waals surface area contributed by atoms with Gasteiger partial charge in [0.15, 0.2) is 11.6 Å². The summed E-state index contributed by atoms with van der Waals surface area (Å²) in [5, 5.41) is 6.24. The van der Waals surface area contributed by atoms with Crippen molar-refractivity contribution in [1.82, 2.24) is 10.2 Å². The van der Waals surface area contributed by atoms with Crippen molar-refractivity contribution >= 4 is 47.7 Å². The third-order valence-electron chi connectivity index (χ3n) is 2.52. The average Bonchev–Trinajstić information content (AvgIpc) is 2.68. The van der Waals surface area contributed by atoms with E-state index in [-0.39, 0.29) is 10.3 Å². The summed E-state index contributed by atoms with van der Waals surface area (Å²) in [6.07, 6.45) is -5.03. The molecule has 0 atom stereocenters. The van der Waals surface area contributed by atoms with Crippen LogP contribution in [0.3, 0.4) is 0 Å². The normalized spacial score (nSPS) is 12.3. The lowest BCUT2D eigenvalue weighted by Crippen LogP contribution is -2.21. The molecule has 126 valence electrons. The molecule has 0 fully saturated rings. The molecule has 0 spiro atoms. The van der Waals surface area contributed by atoms with Gasteiger partial charge in [-0.1, -0.05) is 15.9 Å². The Labute approximate surface area is 145 Å². The van der Waals surface area contributed by atoms with Crippen LogP contribution in [0.1, 0.15) is 5.69 Å². The van der Waals surface area contributed by atoms with Gasteiger partial charge in [0.05, 0.1) is 4.47 Å². The Bertz CT molecular complexity index is 837. The van der Waals surface area contributed by atoms with Crippen LogP contribution in [0.4, 0.5) is 19.0 Å². The summed E-state index contributed by atoms with van der Waals surface area (Å²) in [7, 11) is -4.35. The predicted molar refractivity (Wildman–Crippen MR) is 82.7 cm³/mol. The fourth-order valence-electron chi connectivity index (χ4n) is 1.57. The molecule has 0 radical (unpaired) electrons. The molecule has 0 amide bonds. The highest BCUT2D eigenvalue weighted by atomic mass is 79.9. The fourth-order valence-corrected chi connectivity index (χ4v) is 3.45. The fraction of sp³-hybridized carbons (Fsp3) is 0.182. The summed E-state index contributed by atoms with van der Waals surface area (Å²) in [5.41, 5.74) is 0.547. The summed E-state index contributed by atoms with van der Waals surface area (Å²) in [6, 6.07) is 3.18. The number of aryl methyl sites for hydroxylation is 1. The molecule has 2 rings (SSSR count). The molecule has 0 saturated carbocycles. The van der Waals surface area contributed by atoms with Gasteiger partial charge in [0.1, 0.15) is 4.90 Å². The SMILES string of the molecule is Cc1[nH]nc(NS(=O)(=O)c2ccc(Br)cc2OC(F)(F)F)c1Br. The van der Waals surface area contributed by atoms with Crippen molar-refractivity contribution in [2.75, 3.05) is 4.72 Å². The van der Waals surface area contributed by atoms with Crippen LogP contribution in [0.25, 0.3) is 0 Å². The van der Waals surface area contributed by atoms with Crippen LogP contribution in [0.2, 0.25) is 0 Å². The van der Waals surface area contributed by atoms with Gasteiger partial charge in [-0.25, -0.2) is 8.42 Å². The van der Waals surface area contributed by atoms with Crippen LogP contribution in [0.5, 0.6) is 5.75 Å². The smallest absolute Gasteiger partial charge is 0.404 e. The molecule has 0 saturated heterocycles. The van der Waals surface area contributed by atoms with Crippen LogP contribution >= 0.6 is 31.9 Å². The number of halogens is 5. The molecule has 6 nitrogen and oxygen atoms in total. The van der Waals surface area contributed by atoms with Crippen molar-refractivity contribution in [3.63, 3.8) is 0 Å². The number of sulfonamides is 1. The summed E-state index contributed by atoms with van der Waals surface area (Å²) < 4.78 is 68.5. The minimum absolute atomic E-state index is 0.0802. The van der Waals surface area contributed by atoms with Crippen LogP contribution < -0.4 is 9.46 Å². The van der Waals surface area contributed by atoms with E-state index in [1.54, 1.807) is 6.92 Å². The maximum atomic E-state index is 12.5. The standard InChI is InChI=1S/C11H8Br2F3N3O3S/c1-5-9(13)10(18-17-5)19-23(20,21)8-3-2-6(12)4-7(8)22-11(14,15)16/h2-4H,1H3,(H2,17,18,19). The second kappa shape index (κ2) is 6.32. The first-order chi connectivity index (χ1) is 10.5. The van der Waals surface area contributed by atoms with Gasteiger partial charge >= 0.3 is 6.36 Å². The first kappa shape index (κ1) is 18.1. The molecule has 0 aliphatic heterocycles. The number of anilines is 1. The Morgan fingerprint density at radius 1 is 1.30 bits per heavy atom. The average molecular weight is 479 g/mol. The lowest BCUT2D eigenvalue weighted by molar-refractivity contribution is -0.275. The van der Waals surface area contributed by atoms with E-state index in [1.165, 1.54) is 6.07 Å². The Morgan fingerprint density at radius 3 is 2.48 bits per heavy atom. The van der Waals surface area contributed by atoms with Crippen LogP contribution in [0, 0.1) is 6.92 Å². The van der Waals surface area contributed by atoms with E-state index in [4.69, 9.17) is 0 Å². The van der Waals surface area contributed by atoms with E-state index in [1.807, 2.05) is 0 Å². The molecule has 12 heteroatoms. The van der Waals surface area contributed by atoms with Gasteiger partial charge in [-0.3, -0.25) is 9.82 Å². The molecule has 1 heterocycles. The second-order valence-corrected chi connectivity index (χ2v) is 7.62. The molecule has 23 heavy (non-hydrogen) atoms. The maximum Gasteiger partial charge on any atom is 0.573 e. The summed E-state index contributed by atoms with van der Waals surface area (Å²) in [5.74, 6) is -0.939. The highest BCUT2D eigenvalue weighted by molar-refractivity contribution is 9.11. The number of ether oxygens (including phenoxy) is 1. The van der Waals surface area contributed by atoms with Gasteiger partial charge in [-0.2, -0.15) is 5.10 Å². The summed E-state index contributed by atoms with van der Waals surface area (Å²) in [6.45, 7) is 1.63. The number of hydrogen-bond acceptors (Lipinski definition) is 4. The second-order valence-electron chi connectivity index (χ2n) is 4.26. The highest BCUT2D eigenvalue weighted by Gasteiger charge is 2.34. The van der Waals surface area contributed by atoms with E-state index in [0.29, 0.717) is 10.2 Å². The Balaban J connectivity index is 2.45. The monoisotopic (exact) mass is 477 g/mol. The summed E-state index contributed by atoms with van der Waals surface area (Å²) >= 11 is 6.08. The van der Waals surface area contributed by atoms with Crippen molar-refractivity contribution in [3.05, 3.63) is 32.8 Å². The zero-order valence-electron chi connectivity index (χ0n) is 11.2. The number of rotatable bonds is 4. The third-order valence-corrected chi connectivity index (χ3v) is 5.37. The van der Waals surface area contributed by atoms with Gasteiger partial charge < -0.3 is 4.74 Å². The zero-order valence-corrected chi connectivity index (χ0v) is 15.2. The molecule has 0 aliphatic rings. The van der Waals surface area contributed by atoms with Gasteiger partial charge in [0, 0.05) is 10.2 Å². The maximum absolute atomic E-state index is 12.5. The van der Waals surface area contributed by atoms with E-state index < -0.39 is 27.0 Å². The molecule has 2 aromatic rings. The topological polar surface area (TPSA) is 84.1 Å². The first-order valence-electron chi connectivity index (χ1n) is 5.78. The Hall–Kier alpha value is -1.27. The van der Waals surface area contributed by atoms with E-state index in [9.17, 15) is 21.6 Å². The lowest BCUT2D eigenvalue weighted by atomic mass is 10.3. The minimum atomic E-state index is -5.03. The molecular weight excluding hydrogens is 471 g/mol. The van der Waals surface area contributed by atoms with Crippen molar-refractivity contribution in [1.29, 1.82) is 0 Å². The number of aromatic amines is 1. The highest BCUT2D eigenvalue weighted by Crippen LogP contribution is 2.34. The number of benzene rings is 1. The van der Waals surface area contributed by atoms with Crippen molar-refractivity contribution < 1.29 is 26.3 Å². The number of H-pyrrole nitrogens is 1. The number of nitrogens with one attached hydrogen (secondary N) is 2. The van der Waals surface area contributed by atoms with Gasteiger partial charge in [-0.15, -0.1) is 13.2 Å². The van der Waals surface area contributed by atoms with E-state index in [0.717, 1.165) is 12.1 Å². The molecule has 1 aromatic carbocycles. The summed E-state index contributed by atoms with van der Waals surface area (Å²) in [4.78, 5) is -0.675. The Kier molecular flexibility index (Phi) is 4.97. The van der Waals surface area contributed by atoms with Crippen LogP contribution in [-0.2, 0) is 10.0 Å². The predicted octanol–water partition coefficient (Wildman–Crippen LogP) is 3.94. The quantitative estimate of drug-likeness (QED) is 0.697. The molecule has 2 N–H and O–H groups in total. The third kappa shape index (κ3) is 4.38. The lowest BCUT2D eigenvalue weighted by Gasteiger charge is -2.14. The van der Waals surface area contributed by atoms with E-state index >= 15 is 0 Å². The molecule has 0 unspecified atom stereocenters. The number of hydrogen-bond donors (Lipinski definition) is 2. The van der Waals surface area contributed by atoms with Crippen LogP contribution in [0.15, 0.2) is 32.0 Å². The largest absolute Gasteiger partial charge is 0.573 e. The van der Waals surface area contributed by atoms with Crippen molar-refractivity contribution in [2.45, 2.75) is 18.2 Å². The number of alkyl halides is 3. The molecule has 1 aromatic heterocycles. The number of aromatic nitrogens is 2.